The molecule has 2 heterocycles. The van der Waals surface area contributed by atoms with Crippen LogP contribution in [-0.4, -0.2) is 35.6 Å². The van der Waals surface area contributed by atoms with Gasteiger partial charge in [0.25, 0.3) is 0 Å². The quantitative estimate of drug-likeness (QED) is 0.804. The normalized spacial score (nSPS) is 24.4. The van der Waals surface area contributed by atoms with Crippen molar-refractivity contribution < 1.29 is 13.9 Å². The number of methoxy groups -OCH3 is 1. The highest BCUT2D eigenvalue weighted by atomic mass is 32.2. The Morgan fingerprint density at radius 1 is 1.59 bits per heavy atom. The van der Waals surface area contributed by atoms with Crippen molar-refractivity contribution in [3.8, 4) is 0 Å². The lowest BCUT2D eigenvalue weighted by Gasteiger charge is -2.28. The van der Waals surface area contributed by atoms with E-state index >= 15 is 0 Å². The van der Waals surface area contributed by atoms with E-state index in [9.17, 15) is 9.18 Å². The van der Waals surface area contributed by atoms with Crippen LogP contribution in [0, 0.1) is 5.82 Å². The molecule has 1 N–H and O–H groups in total. The zero-order chi connectivity index (χ0) is 12.3. The molecule has 0 aliphatic carbocycles. The van der Waals surface area contributed by atoms with E-state index in [0.717, 1.165) is 11.4 Å². The maximum atomic E-state index is 12.8. The molecule has 2 rings (SSSR count). The maximum absolute atomic E-state index is 12.8. The molecular weight excluding hydrogens is 243 g/mol. The van der Waals surface area contributed by atoms with Crippen LogP contribution in [0.5, 0.6) is 0 Å². The number of esters is 1. The molecule has 1 aliphatic rings. The number of rotatable bonds is 2. The molecule has 4 nitrogen and oxygen atoms in total. The van der Waals surface area contributed by atoms with Gasteiger partial charge < -0.3 is 4.74 Å². The molecular formula is C11H13FN2O2S. The van der Waals surface area contributed by atoms with Gasteiger partial charge in [-0.15, -0.1) is 0 Å². The Morgan fingerprint density at radius 3 is 3.06 bits per heavy atom. The number of pyridine rings is 1. The van der Waals surface area contributed by atoms with Crippen LogP contribution in [0.3, 0.4) is 0 Å². The van der Waals surface area contributed by atoms with Crippen LogP contribution in [0.2, 0.25) is 0 Å². The highest BCUT2D eigenvalue weighted by Gasteiger charge is 2.28. The second-order valence-electron chi connectivity index (χ2n) is 3.73. The molecule has 1 aromatic heterocycles. The Bertz CT molecular complexity index is 399. The maximum Gasteiger partial charge on any atom is 0.323 e. The first-order chi connectivity index (χ1) is 8.20. The summed E-state index contributed by atoms with van der Waals surface area (Å²) in [4.78, 5) is 15.4. The zero-order valence-corrected chi connectivity index (χ0v) is 10.2. The highest BCUT2D eigenvalue weighted by Crippen LogP contribution is 2.23. The largest absolute Gasteiger partial charge is 0.468 e. The molecule has 2 unspecified atom stereocenters. The number of halogens is 1. The SMILES string of the molecule is COC(=O)C1CSCC(c2ccc(F)cn2)N1. The van der Waals surface area contributed by atoms with Crippen molar-refractivity contribution in [3.63, 3.8) is 0 Å². The minimum Gasteiger partial charge on any atom is -0.468 e. The summed E-state index contributed by atoms with van der Waals surface area (Å²) in [7, 11) is 1.37. The van der Waals surface area contributed by atoms with Crippen molar-refractivity contribution in [2.45, 2.75) is 12.1 Å². The summed E-state index contributed by atoms with van der Waals surface area (Å²) in [6.45, 7) is 0. The van der Waals surface area contributed by atoms with E-state index in [1.807, 2.05) is 0 Å². The summed E-state index contributed by atoms with van der Waals surface area (Å²) in [5, 5.41) is 3.16. The lowest BCUT2D eigenvalue weighted by atomic mass is 10.2. The summed E-state index contributed by atoms with van der Waals surface area (Å²) in [5.41, 5.74) is 0.743. The van der Waals surface area contributed by atoms with Crippen LogP contribution in [0.25, 0.3) is 0 Å². The van der Waals surface area contributed by atoms with E-state index in [4.69, 9.17) is 4.74 Å². The standard InChI is InChI=1S/C11H13FN2O2S/c1-16-11(15)10-6-17-5-9(14-10)8-3-2-7(12)4-13-8/h2-4,9-10,14H,5-6H2,1H3. The number of carbonyl (C=O) groups is 1. The molecule has 0 bridgehead atoms. The van der Waals surface area contributed by atoms with E-state index in [0.29, 0.717) is 5.75 Å². The van der Waals surface area contributed by atoms with Gasteiger partial charge in [0.2, 0.25) is 0 Å². The Balaban J connectivity index is 2.06. The smallest absolute Gasteiger partial charge is 0.323 e. The molecule has 1 saturated heterocycles. The van der Waals surface area contributed by atoms with Gasteiger partial charge in [0.1, 0.15) is 11.9 Å². The second kappa shape index (κ2) is 5.46. The summed E-state index contributed by atoms with van der Waals surface area (Å²) in [5.74, 6) is 0.863. The molecule has 1 aliphatic heterocycles. The van der Waals surface area contributed by atoms with Crippen molar-refractivity contribution in [2.24, 2.45) is 0 Å². The van der Waals surface area contributed by atoms with E-state index in [1.165, 1.54) is 19.4 Å². The van der Waals surface area contributed by atoms with Gasteiger partial charge in [-0.2, -0.15) is 11.8 Å². The molecule has 6 heteroatoms. The number of ether oxygens (including phenoxy) is 1. The lowest BCUT2D eigenvalue weighted by Crippen LogP contribution is -2.46. The summed E-state index contributed by atoms with van der Waals surface area (Å²) in [6, 6.07) is 2.64. The Labute approximate surface area is 103 Å². The summed E-state index contributed by atoms with van der Waals surface area (Å²) >= 11 is 1.66. The van der Waals surface area contributed by atoms with E-state index in [-0.39, 0.29) is 23.9 Å². The fraction of sp³-hybridized carbons (Fsp3) is 0.455. The van der Waals surface area contributed by atoms with Gasteiger partial charge in [-0.3, -0.25) is 15.1 Å². The third-order valence-electron chi connectivity index (χ3n) is 2.56. The van der Waals surface area contributed by atoms with E-state index in [2.05, 4.69) is 10.3 Å². The molecule has 17 heavy (non-hydrogen) atoms. The van der Waals surface area contributed by atoms with Crippen LogP contribution in [-0.2, 0) is 9.53 Å². The Morgan fingerprint density at radius 2 is 2.41 bits per heavy atom. The van der Waals surface area contributed by atoms with Crippen LogP contribution in [0.4, 0.5) is 4.39 Å². The average Bonchev–Trinajstić information content (AvgIpc) is 2.39. The fourth-order valence-corrected chi connectivity index (χ4v) is 2.79. The lowest BCUT2D eigenvalue weighted by molar-refractivity contribution is -0.142. The van der Waals surface area contributed by atoms with Crippen molar-refractivity contribution in [1.29, 1.82) is 0 Å². The Kier molecular flexibility index (Phi) is 3.96. The molecule has 1 fully saturated rings. The molecule has 2 atom stereocenters. The van der Waals surface area contributed by atoms with E-state index in [1.54, 1.807) is 17.8 Å². The van der Waals surface area contributed by atoms with Gasteiger partial charge >= 0.3 is 5.97 Å². The number of carbonyl (C=O) groups excluding carboxylic acids is 1. The molecule has 0 radical (unpaired) electrons. The molecule has 0 aromatic carbocycles. The topological polar surface area (TPSA) is 51.2 Å². The number of nitrogens with one attached hydrogen (secondary N) is 1. The average molecular weight is 256 g/mol. The number of hydrogen-bond donors (Lipinski definition) is 1. The van der Waals surface area contributed by atoms with Gasteiger partial charge in [0, 0.05) is 11.5 Å². The first-order valence-electron chi connectivity index (χ1n) is 5.24. The molecule has 92 valence electrons. The van der Waals surface area contributed by atoms with Gasteiger partial charge in [-0.1, -0.05) is 0 Å². The van der Waals surface area contributed by atoms with Crippen LogP contribution < -0.4 is 5.32 Å². The van der Waals surface area contributed by atoms with Gasteiger partial charge in [-0.05, 0) is 12.1 Å². The van der Waals surface area contributed by atoms with Crippen LogP contribution >= 0.6 is 11.8 Å². The third-order valence-corrected chi connectivity index (χ3v) is 3.70. The first kappa shape index (κ1) is 12.3. The highest BCUT2D eigenvalue weighted by molar-refractivity contribution is 7.99. The van der Waals surface area contributed by atoms with Gasteiger partial charge in [0.05, 0.1) is 25.0 Å². The van der Waals surface area contributed by atoms with Crippen molar-refractivity contribution >= 4 is 17.7 Å². The van der Waals surface area contributed by atoms with Crippen molar-refractivity contribution in [3.05, 3.63) is 29.8 Å². The van der Waals surface area contributed by atoms with Crippen LogP contribution in [0.15, 0.2) is 18.3 Å². The summed E-state index contributed by atoms with van der Waals surface area (Å²) < 4.78 is 17.4. The van der Waals surface area contributed by atoms with E-state index < -0.39 is 0 Å². The number of aromatic nitrogens is 1. The minimum atomic E-state index is -0.360. The molecule has 0 saturated carbocycles. The number of hydrogen-bond acceptors (Lipinski definition) is 5. The minimum absolute atomic E-state index is 0.0431. The Hall–Kier alpha value is -1.14. The van der Waals surface area contributed by atoms with Gasteiger partial charge in [-0.25, -0.2) is 4.39 Å². The predicted molar refractivity (Wildman–Crippen MR) is 63.2 cm³/mol. The molecule has 0 amide bonds. The van der Waals surface area contributed by atoms with Crippen molar-refractivity contribution in [2.75, 3.05) is 18.6 Å². The van der Waals surface area contributed by atoms with Crippen molar-refractivity contribution in [1.82, 2.24) is 10.3 Å². The van der Waals surface area contributed by atoms with Crippen LogP contribution in [0.1, 0.15) is 11.7 Å². The third kappa shape index (κ3) is 2.95. The number of thioether (sulfide) groups is 1. The zero-order valence-electron chi connectivity index (χ0n) is 9.35. The van der Waals surface area contributed by atoms with Gasteiger partial charge in [0.15, 0.2) is 0 Å². The second-order valence-corrected chi connectivity index (χ2v) is 4.81. The first-order valence-corrected chi connectivity index (χ1v) is 6.39. The molecule has 1 aromatic rings. The molecule has 0 spiro atoms. The fourth-order valence-electron chi connectivity index (χ4n) is 1.69. The monoisotopic (exact) mass is 256 g/mol. The predicted octanol–water partition coefficient (Wildman–Crippen LogP) is 1.14. The number of nitrogens with zero attached hydrogens (tertiary/aromatic N) is 1. The summed E-state index contributed by atoms with van der Waals surface area (Å²) in [6.07, 6.45) is 1.18.